The molecule has 0 radical (unpaired) electrons. The molecule has 0 spiro atoms. The van der Waals surface area contributed by atoms with Gasteiger partial charge in [0.15, 0.2) is 11.5 Å². The standard InChI is InChI=1S/C21H31N7O3/c1-4-31-21(30)27-13-11-26(12-14-27)20(29)16-7-9-25(10-8-16)18-6-5-17-22-23-19(15(2)3)28(17)24-18/h5-6,15-16H,4,7-14H2,1-3H3. The number of rotatable bonds is 4. The van der Waals surface area contributed by atoms with Gasteiger partial charge < -0.3 is 19.4 Å². The van der Waals surface area contributed by atoms with E-state index in [2.05, 4.69) is 28.9 Å². The van der Waals surface area contributed by atoms with E-state index in [0.29, 0.717) is 32.8 Å². The quantitative estimate of drug-likeness (QED) is 0.731. The summed E-state index contributed by atoms with van der Waals surface area (Å²) in [5, 5.41) is 13.2. The molecule has 10 nitrogen and oxygen atoms in total. The van der Waals surface area contributed by atoms with Crippen LogP contribution in [0.15, 0.2) is 12.1 Å². The van der Waals surface area contributed by atoms with Gasteiger partial charge in [-0.25, -0.2) is 4.79 Å². The maximum Gasteiger partial charge on any atom is 0.409 e. The van der Waals surface area contributed by atoms with Crippen molar-refractivity contribution in [1.29, 1.82) is 0 Å². The first-order chi connectivity index (χ1) is 15.0. The lowest BCUT2D eigenvalue weighted by molar-refractivity contribution is -0.137. The van der Waals surface area contributed by atoms with Crippen LogP contribution >= 0.6 is 0 Å². The second-order valence-corrected chi connectivity index (χ2v) is 8.45. The van der Waals surface area contributed by atoms with Crippen LogP contribution in [0.3, 0.4) is 0 Å². The van der Waals surface area contributed by atoms with E-state index in [9.17, 15) is 9.59 Å². The number of carbonyl (C=O) groups is 2. The minimum atomic E-state index is -0.291. The molecule has 2 saturated heterocycles. The second kappa shape index (κ2) is 9.07. The van der Waals surface area contributed by atoms with Crippen LogP contribution in [-0.4, -0.2) is 87.5 Å². The SMILES string of the molecule is CCOC(=O)N1CCN(C(=O)C2CCN(c3ccc4nnc(C(C)C)n4n3)CC2)CC1. The molecule has 2 amide bonds. The predicted molar refractivity (Wildman–Crippen MR) is 115 cm³/mol. The lowest BCUT2D eigenvalue weighted by Gasteiger charge is -2.38. The van der Waals surface area contributed by atoms with Gasteiger partial charge in [-0.15, -0.1) is 15.3 Å². The summed E-state index contributed by atoms with van der Waals surface area (Å²) < 4.78 is 6.87. The van der Waals surface area contributed by atoms with E-state index < -0.39 is 0 Å². The van der Waals surface area contributed by atoms with E-state index in [0.717, 1.165) is 43.2 Å². The fraction of sp³-hybridized carbons (Fsp3) is 0.667. The maximum atomic E-state index is 13.0. The molecule has 0 N–H and O–H groups in total. The third-order valence-corrected chi connectivity index (χ3v) is 6.07. The van der Waals surface area contributed by atoms with Crippen molar-refractivity contribution in [2.45, 2.75) is 39.5 Å². The number of fused-ring (bicyclic) bond motifs is 1. The third-order valence-electron chi connectivity index (χ3n) is 6.07. The van der Waals surface area contributed by atoms with Gasteiger partial charge in [0, 0.05) is 51.1 Å². The number of hydrogen-bond acceptors (Lipinski definition) is 7. The molecule has 2 aromatic rings. The summed E-state index contributed by atoms with van der Waals surface area (Å²) in [6, 6.07) is 3.92. The van der Waals surface area contributed by atoms with Crippen molar-refractivity contribution < 1.29 is 14.3 Å². The van der Waals surface area contributed by atoms with Gasteiger partial charge in [0.25, 0.3) is 0 Å². The fourth-order valence-electron chi connectivity index (χ4n) is 4.26. The van der Waals surface area contributed by atoms with Gasteiger partial charge in [-0.3, -0.25) is 4.79 Å². The number of amides is 2. The summed E-state index contributed by atoms with van der Waals surface area (Å²) in [7, 11) is 0. The number of ether oxygens (including phenoxy) is 1. The molecule has 2 aromatic heterocycles. The average Bonchev–Trinajstić information content (AvgIpc) is 3.22. The molecule has 2 fully saturated rings. The van der Waals surface area contributed by atoms with Crippen LogP contribution in [0, 0.1) is 5.92 Å². The van der Waals surface area contributed by atoms with Crippen LogP contribution in [-0.2, 0) is 9.53 Å². The molecule has 4 heterocycles. The Labute approximate surface area is 182 Å². The van der Waals surface area contributed by atoms with Gasteiger partial charge in [-0.05, 0) is 31.9 Å². The Hall–Kier alpha value is -2.91. The van der Waals surface area contributed by atoms with Gasteiger partial charge in [0.2, 0.25) is 5.91 Å². The zero-order chi connectivity index (χ0) is 22.0. The van der Waals surface area contributed by atoms with Gasteiger partial charge in [0.05, 0.1) is 6.61 Å². The lowest BCUT2D eigenvalue weighted by Crippen LogP contribution is -2.53. The molecule has 0 bridgehead atoms. The highest BCUT2D eigenvalue weighted by atomic mass is 16.6. The summed E-state index contributed by atoms with van der Waals surface area (Å²) in [6.45, 7) is 10.1. The molecule has 10 heteroatoms. The van der Waals surface area contributed by atoms with Crippen LogP contribution in [0.4, 0.5) is 10.6 Å². The van der Waals surface area contributed by atoms with Crippen molar-refractivity contribution in [3.63, 3.8) is 0 Å². The molecule has 0 saturated carbocycles. The van der Waals surface area contributed by atoms with Crippen molar-refractivity contribution >= 4 is 23.5 Å². The van der Waals surface area contributed by atoms with E-state index >= 15 is 0 Å². The zero-order valence-corrected chi connectivity index (χ0v) is 18.5. The molecule has 0 aliphatic carbocycles. The lowest BCUT2D eigenvalue weighted by atomic mass is 9.95. The molecule has 168 valence electrons. The van der Waals surface area contributed by atoms with E-state index in [1.807, 2.05) is 21.5 Å². The Balaban J connectivity index is 1.33. The first-order valence-electron chi connectivity index (χ1n) is 11.2. The summed E-state index contributed by atoms with van der Waals surface area (Å²) in [5.41, 5.74) is 0.750. The van der Waals surface area contributed by atoms with Crippen LogP contribution in [0.1, 0.15) is 45.4 Å². The van der Waals surface area contributed by atoms with E-state index in [-0.39, 0.29) is 23.8 Å². The number of carbonyl (C=O) groups excluding carboxylic acids is 2. The second-order valence-electron chi connectivity index (χ2n) is 8.45. The Bertz CT molecular complexity index is 928. The number of piperazine rings is 1. The van der Waals surface area contributed by atoms with Crippen molar-refractivity contribution in [2.75, 3.05) is 50.8 Å². The molecular weight excluding hydrogens is 398 g/mol. The molecule has 31 heavy (non-hydrogen) atoms. The number of nitrogens with zero attached hydrogens (tertiary/aromatic N) is 7. The molecule has 0 atom stereocenters. The number of anilines is 1. The Morgan fingerprint density at radius 3 is 2.35 bits per heavy atom. The van der Waals surface area contributed by atoms with Crippen molar-refractivity contribution in [3.05, 3.63) is 18.0 Å². The summed E-state index contributed by atoms with van der Waals surface area (Å²) in [6.07, 6.45) is 1.31. The van der Waals surface area contributed by atoms with Crippen LogP contribution in [0.2, 0.25) is 0 Å². The highest BCUT2D eigenvalue weighted by Crippen LogP contribution is 2.25. The Morgan fingerprint density at radius 2 is 1.71 bits per heavy atom. The van der Waals surface area contributed by atoms with Gasteiger partial charge in [-0.1, -0.05) is 13.8 Å². The van der Waals surface area contributed by atoms with Gasteiger partial charge >= 0.3 is 6.09 Å². The van der Waals surface area contributed by atoms with Crippen molar-refractivity contribution in [2.24, 2.45) is 5.92 Å². The summed E-state index contributed by atoms with van der Waals surface area (Å²) >= 11 is 0. The smallest absolute Gasteiger partial charge is 0.409 e. The molecular formula is C21H31N7O3. The highest BCUT2D eigenvalue weighted by molar-refractivity contribution is 5.79. The number of aromatic nitrogens is 4. The van der Waals surface area contributed by atoms with Crippen LogP contribution < -0.4 is 4.90 Å². The normalized spacial score (nSPS) is 18.1. The summed E-state index contributed by atoms with van der Waals surface area (Å²) in [4.78, 5) is 30.6. The monoisotopic (exact) mass is 429 g/mol. The third kappa shape index (κ3) is 4.42. The fourth-order valence-corrected chi connectivity index (χ4v) is 4.26. The van der Waals surface area contributed by atoms with Crippen LogP contribution in [0.25, 0.3) is 5.65 Å². The first-order valence-corrected chi connectivity index (χ1v) is 11.2. The zero-order valence-electron chi connectivity index (χ0n) is 18.5. The van der Waals surface area contributed by atoms with E-state index in [4.69, 9.17) is 9.84 Å². The van der Waals surface area contributed by atoms with Crippen molar-refractivity contribution in [3.8, 4) is 0 Å². The minimum absolute atomic E-state index is 0.0234. The molecule has 4 rings (SSSR count). The maximum absolute atomic E-state index is 13.0. The van der Waals surface area contributed by atoms with E-state index in [1.165, 1.54) is 0 Å². The Morgan fingerprint density at radius 1 is 1.03 bits per heavy atom. The first kappa shape index (κ1) is 21.3. The average molecular weight is 430 g/mol. The van der Waals surface area contributed by atoms with E-state index in [1.54, 1.807) is 11.8 Å². The van der Waals surface area contributed by atoms with Crippen molar-refractivity contribution in [1.82, 2.24) is 29.6 Å². The highest BCUT2D eigenvalue weighted by Gasteiger charge is 2.32. The minimum Gasteiger partial charge on any atom is -0.450 e. The molecule has 0 unspecified atom stereocenters. The largest absolute Gasteiger partial charge is 0.450 e. The predicted octanol–water partition coefficient (Wildman–Crippen LogP) is 1.76. The molecule has 0 aromatic carbocycles. The van der Waals surface area contributed by atoms with Crippen LogP contribution in [0.5, 0.6) is 0 Å². The topological polar surface area (TPSA) is 96.2 Å². The van der Waals surface area contributed by atoms with Gasteiger partial charge in [0.1, 0.15) is 5.82 Å². The molecule has 2 aliphatic rings. The molecule has 2 aliphatic heterocycles. The Kier molecular flexibility index (Phi) is 6.24. The number of hydrogen-bond donors (Lipinski definition) is 0. The number of piperidine rings is 1. The summed E-state index contributed by atoms with van der Waals surface area (Å²) in [5.74, 6) is 2.21. The van der Waals surface area contributed by atoms with Gasteiger partial charge in [-0.2, -0.15) is 4.52 Å².